The lowest BCUT2D eigenvalue weighted by atomic mass is 10.0. The van der Waals surface area contributed by atoms with Gasteiger partial charge in [-0.05, 0) is 73.9 Å². The van der Waals surface area contributed by atoms with Crippen LogP contribution in [0.15, 0.2) is 72.8 Å². The first kappa shape index (κ1) is 22.5. The first-order valence-electron chi connectivity index (χ1n) is 10.3. The molecule has 0 heterocycles. The van der Waals surface area contributed by atoms with Crippen molar-refractivity contribution in [3.63, 3.8) is 0 Å². The van der Waals surface area contributed by atoms with Crippen molar-refractivity contribution < 1.29 is 18.7 Å². The van der Waals surface area contributed by atoms with Crippen molar-refractivity contribution in [1.82, 2.24) is 0 Å². The monoisotopic (exact) mass is 421 g/mol. The van der Waals surface area contributed by atoms with Gasteiger partial charge in [-0.1, -0.05) is 36.4 Å². The Balaban J connectivity index is 1.76. The molecule has 0 aromatic heterocycles. The summed E-state index contributed by atoms with van der Waals surface area (Å²) in [5.41, 5.74) is 2.97. The van der Waals surface area contributed by atoms with E-state index < -0.39 is 5.60 Å². The smallest absolute Gasteiger partial charge is 0.270 e. The van der Waals surface area contributed by atoms with E-state index in [1.165, 1.54) is 24.3 Å². The molecular weight excluding hydrogens is 393 g/mol. The van der Waals surface area contributed by atoms with Crippen molar-refractivity contribution >= 4 is 11.6 Å². The quantitative estimate of drug-likeness (QED) is 0.458. The summed E-state index contributed by atoms with van der Waals surface area (Å²) in [6.45, 7) is 6.45. The second-order valence-corrected chi connectivity index (χ2v) is 7.79. The van der Waals surface area contributed by atoms with Gasteiger partial charge in [0.2, 0.25) is 0 Å². The van der Waals surface area contributed by atoms with Crippen LogP contribution in [-0.2, 0) is 16.1 Å². The van der Waals surface area contributed by atoms with E-state index in [1.54, 1.807) is 25.9 Å². The molecule has 0 N–H and O–H groups in total. The molecule has 0 aliphatic heterocycles. The van der Waals surface area contributed by atoms with E-state index in [2.05, 4.69) is 12.1 Å². The average Bonchev–Trinajstić information content (AvgIpc) is 2.77. The third-order valence-electron chi connectivity index (χ3n) is 5.04. The summed E-state index contributed by atoms with van der Waals surface area (Å²) in [5, 5.41) is 0. The summed E-state index contributed by atoms with van der Waals surface area (Å²) in [5.74, 6) is -0.0702. The summed E-state index contributed by atoms with van der Waals surface area (Å²) in [7, 11) is 1.68. The van der Waals surface area contributed by atoms with Crippen LogP contribution in [0.25, 0.3) is 11.1 Å². The minimum Gasteiger partial charge on any atom is -0.478 e. The second kappa shape index (κ2) is 9.75. The highest BCUT2D eigenvalue weighted by atomic mass is 19.1. The number of nitrogens with zero attached hydrogens (tertiary/aromatic N) is 1. The highest BCUT2D eigenvalue weighted by Gasteiger charge is 2.34. The molecule has 0 fully saturated rings. The zero-order valence-corrected chi connectivity index (χ0v) is 18.4. The molecule has 0 bridgehead atoms. The Kier molecular flexibility index (Phi) is 7.08. The van der Waals surface area contributed by atoms with Gasteiger partial charge in [-0.3, -0.25) is 4.79 Å². The topological polar surface area (TPSA) is 38.8 Å². The number of anilines is 1. The fourth-order valence-corrected chi connectivity index (χ4v) is 3.40. The van der Waals surface area contributed by atoms with Crippen LogP contribution in [-0.4, -0.2) is 25.2 Å². The van der Waals surface area contributed by atoms with Crippen molar-refractivity contribution in [1.29, 1.82) is 0 Å². The third kappa shape index (κ3) is 5.50. The molecule has 3 aromatic carbocycles. The van der Waals surface area contributed by atoms with Gasteiger partial charge in [0.25, 0.3) is 5.91 Å². The standard InChI is InChI=1S/C26H28FNO3/c1-5-28(25(29)26(2,3)31-24-16-12-22(27)13-17-24)23-14-10-21(11-15-23)20-8-6-19(7-9-20)18-30-4/h6-17H,5,18H2,1-4H3. The number of amides is 1. The van der Waals surface area contributed by atoms with E-state index in [1.807, 2.05) is 43.3 Å². The number of ether oxygens (including phenoxy) is 2. The summed E-state index contributed by atoms with van der Waals surface area (Å²) >= 11 is 0. The molecule has 0 atom stereocenters. The summed E-state index contributed by atoms with van der Waals surface area (Å²) in [4.78, 5) is 14.9. The molecule has 4 nitrogen and oxygen atoms in total. The van der Waals surface area contributed by atoms with Crippen LogP contribution < -0.4 is 9.64 Å². The maximum Gasteiger partial charge on any atom is 0.270 e. The highest BCUT2D eigenvalue weighted by molar-refractivity contribution is 5.99. The predicted molar refractivity (Wildman–Crippen MR) is 122 cm³/mol. The molecule has 0 saturated heterocycles. The van der Waals surface area contributed by atoms with E-state index in [-0.39, 0.29) is 11.7 Å². The van der Waals surface area contributed by atoms with E-state index in [0.717, 1.165) is 22.4 Å². The number of carbonyl (C=O) groups excluding carboxylic acids is 1. The van der Waals surface area contributed by atoms with Crippen molar-refractivity contribution in [2.45, 2.75) is 33.0 Å². The molecule has 0 spiro atoms. The molecule has 3 aromatic rings. The van der Waals surface area contributed by atoms with Gasteiger partial charge in [0.1, 0.15) is 11.6 Å². The summed E-state index contributed by atoms with van der Waals surface area (Å²) in [6.07, 6.45) is 0. The van der Waals surface area contributed by atoms with Gasteiger partial charge in [-0.15, -0.1) is 0 Å². The number of likely N-dealkylation sites (N-methyl/N-ethyl adjacent to an activating group) is 1. The van der Waals surface area contributed by atoms with Gasteiger partial charge in [-0.25, -0.2) is 4.39 Å². The Labute approximate surface area is 183 Å². The third-order valence-corrected chi connectivity index (χ3v) is 5.04. The minimum absolute atomic E-state index is 0.170. The molecule has 0 radical (unpaired) electrons. The normalized spacial score (nSPS) is 11.3. The Morgan fingerprint density at radius 1 is 0.903 bits per heavy atom. The molecule has 5 heteroatoms. The van der Waals surface area contributed by atoms with Crippen LogP contribution in [0.3, 0.4) is 0 Å². The number of methoxy groups -OCH3 is 1. The molecular formula is C26H28FNO3. The Bertz CT molecular complexity index is 996. The molecule has 0 saturated carbocycles. The first-order valence-corrected chi connectivity index (χ1v) is 10.3. The van der Waals surface area contributed by atoms with Crippen LogP contribution in [0.1, 0.15) is 26.3 Å². The number of benzene rings is 3. The van der Waals surface area contributed by atoms with E-state index in [9.17, 15) is 9.18 Å². The van der Waals surface area contributed by atoms with Crippen LogP contribution >= 0.6 is 0 Å². The van der Waals surface area contributed by atoms with Gasteiger partial charge in [0.15, 0.2) is 5.60 Å². The lowest BCUT2D eigenvalue weighted by Gasteiger charge is -2.32. The number of hydrogen-bond acceptors (Lipinski definition) is 3. The van der Waals surface area contributed by atoms with Crippen LogP contribution in [0.4, 0.5) is 10.1 Å². The zero-order valence-electron chi connectivity index (χ0n) is 18.4. The molecule has 1 amide bonds. The average molecular weight is 422 g/mol. The minimum atomic E-state index is -1.11. The Morgan fingerprint density at radius 2 is 1.45 bits per heavy atom. The van der Waals surface area contributed by atoms with Crippen LogP contribution in [0.2, 0.25) is 0 Å². The van der Waals surface area contributed by atoms with Gasteiger partial charge < -0.3 is 14.4 Å². The fraction of sp³-hybridized carbons (Fsp3) is 0.269. The van der Waals surface area contributed by atoms with Gasteiger partial charge in [0, 0.05) is 19.3 Å². The van der Waals surface area contributed by atoms with Crippen molar-refractivity contribution in [3.8, 4) is 16.9 Å². The molecule has 0 aliphatic carbocycles. The summed E-state index contributed by atoms with van der Waals surface area (Å²) in [6, 6.07) is 21.8. The van der Waals surface area contributed by atoms with E-state index >= 15 is 0 Å². The van der Waals surface area contributed by atoms with Gasteiger partial charge in [0.05, 0.1) is 6.61 Å². The maximum atomic E-state index is 13.2. The molecule has 31 heavy (non-hydrogen) atoms. The lowest BCUT2D eigenvalue weighted by Crippen LogP contribution is -2.49. The van der Waals surface area contributed by atoms with Crippen molar-refractivity contribution in [2.75, 3.05) is 18.6 Å². The van der Waals surface area contributed by atoms with Gasteiger partial charge in [-0.2, -0.15) is 0 Å². The zero-order chi connectivity index (χ0) is 22.4. The largest absolute Gasteiger partial charge is 0.478 e. The molecule has 0 unspecified atom stereocenters. The van der Waals surface area contributed by atoms with E-state index in [4.69, 9.17) is 9.47 Å². The number of carbonyl (C=O) groups is 1. The van der Waals surface area contributed by atoms with Gasteiger partial charge >= 0.3 is 0 Å². The van der Waals surface area contributed by atoms with Crippen LogP contribution in [0, 0.1) is 5.82 Å². The molecule has 162 valence electrons. The summed E-state index contributed by atoms with van der Waals surface area (Å²) < 4.78 is 24.2. The lowest BCUT2D eigenvalue weighted by molar-refractivity contribution is -0.131. The second-order valence-electron chi connectivity index (χ2n) is 7.79. The number of halogens is 1. The van der Waals surface area contributed by atoms with E-state index in [0.29, 0.717) is 18.9 Å². The highest BCUT2D eigenvalue weighted by Crippen LogP contribution is 2.27. The fourth-order valence-electron chi connectivity index (χ4n) is 3.40. The number of hydrogen-bond donors (Lipinski definition) is 0. The SMILES string of the molecule is CCN(C(=O)C(C)(C)Oc1ccc(F)cc1)c1ccc(-c2ccc(COC)cc2)cc1. The first-order chi connectivity index (χ1) is 14.8. The molecule has 0 aliphatic rings. The Hall–Kier alpha value is -3.18. The number of rotatable bonds is 8. The predicted octanol–water partition coefficient (Wildman–Crippen LogP) is 5.85. The molecule has 3 rings (SSSR count). The van der Waals surface area contributed by atoms with Crippen LogP contribution in [0.5, 0.6) is 5.75 Å². The maximum absolute atomic E-state index is 13.2. The van der Waals surface area contributed by atoms with Crippen molar-refractivity contribution in [2.24, 2.45) is 0 Å². The Morgan fingerprint density at radius 3 is 1.97 bits per heavy atom. The van der Waals surface area contributed by atoms with Crippen molar-refractivity contribution in [3.05, 3.63) is 84.2 Å².